The minimum atomic E-state index is -3.69. The number of sulfonamides is 1. The van der Waals surface area contributed by atoms with Crippen molar-refractivity contribution in [2.24, 2.45) is 0 Å². The summed E-state index contributed by atoms with van der Waals surface area (Å²) in [6, 6.07) is 19.7. The molecule has 0 fully saturated rings. The van der Waals surface area contributed by atoms with Gasteiger partial charge in [0.05, 0.1) is 16.6 Å². The van der Waals surface area contributed by atoms with Crippen molar-refractivity contribution in [3.8, 4) is 0 Å². The fourth-order valence-electron chi connectivity index (χ4n) is 3.37. The summed E-state index contributed by atoms with van der Waals surface area (Å²) in [6.07, 6.45) is 0. The minimum Gasteiger partial charge on any atom is -0.346 e. The molecule has 6 heteroatoms. The second-order valence-electron chi connectivity index (χ2n) is 7.89. The summed E-state index contributed by atoms with van der Waals surface area (Å²) in [5.41, 5.74) is 4.90. The van der Waals surface area contributed by atoms with Gasteiger partial charge in [0.1, 0.15) is 0 Å². The maximum absolute atomic E-state index is 13.0. The van der Waals surface area contributed by atoms with Crippen molar-refractivity contribution in [3.05, 3.63) is 94.5 Å². The number of hydrogen-bond acceptors (Lipinski definition) is 3. The molecule has 0 aromatic heterocycles. The Morgan fingerprint density at radius 1 is 0.871 bits per heavy atom. The van der Waals surface area contributed by atoms with E-state index in [0.29, 0.717) is 16.8 Å². The molecule has 0 bridgehead atoms. The van der Waals surface area contributed by atoms with E-state index in [4.69, 9.17) is 0 Å². The van der Waals surface area contributed by atoms with Gasteiger partial charge in [-0.2, -0.15) is 0 Å². The lowest BCUT2D eigenvalue weighted by atomic mass is 10.1. The number of carbonyl (C=O) groups is 1. The van der Waals surface area contributed by atoms with E-state index in [1.54, 1.807) is 49.4 Å². The zero-order chi connectivity index (χ0) is 22.8. The Morgan fingerprint density at radius 2 is 1.42 bits per heavy atom. The Morgan fingerprint density at radius 3 is 1.97 bits per heavy atom. The molecule has 5 nitrogen and oxygen atoms in total. The predicted molar refractivity (Wildman–Crippen MR) is 125 cm³/mol. The molecule has 0 saturated heterocycles. The second kappa shape index (κ2) is 8.94. The van der Waals surface area contributed by atoms with Gasteiger partial charge >= 0.3 is 0 Å². The standard InChI is InChI=1S/C25H28N2O3S/c1-17-6-10-21(11-7-17)20(4)26-25(28)22-12-15-24(19(3)16-22)27(5)31(29,30)23-13-8-18(2)9-14-23/h6-16,20H,1-5H3,(H,26,28)/t20-/m1/s1. The number of carbonyl (C=O) groups excluding carboxylic acids is 1. The third-order valence-electron chi connectivity index (χ3n) is 5.40. The zero-order valence-electron chi connectivity index (χ0n) is 18.5. The van der Waals surface area contributed by atoms with E-state index in [9.17, 15) is 13.2 Å². The molecule has 1 atom stereocenters. The van der Waals surface area contributed by atoms with Crippen molar-refractivity contribution < 1.29 is 13.2 Å². The lowest BCUT2D eigenvalue weighted by Crippen LogP contribution is -2.28. The van der Waals surface area contributed by atoms with Crippen molar-refractivity contribution in [3.63, 3.8) is 0 Å². The summed E-state index contributed by atoms with van der Waals surface area (Å²) >= 11 is 0. The third-order valence-corrected chi connectivity index (χ3v) is 7.19. The second-order valence-corrected chi connectivity index (χ2v) is 9.86. The SMILES string of the molecule is Cc1ccc([C@@H](C)NC(=O)c2ccc(N(C)S(=O)(=O)c3ccc(C)cc3)c(C)c2)cc1. The summed E-state index contributed by atoms with van der Waals surface area (Å²) in [4.78, 5) is 13.0. The van der Waals surface area contributed by atoms with Crippen LogP contribution in [0.3, 0.4) is 0 Å². The van der Waals surface area contributed by atoms with Crippen molar-refractivity contribution in [2.45, 2.75) is 38.6 Å². The molecule has 0 saturated carbocycles. The van der Waals surface area contributed by atoms with Gasteiger partial charge in [-0.1, -0.05) is 47.5 Å². The van der Waals surface area contributed by atoms with E-state index in [-0.39, 0.29) is 16.8 Å². The first kappa shape index (κ1) is 22.6. The summed E-state index contributed by atoms with van der Waals surface area (Å²) in [5.74, 6) is -0.202. The van der Waals surface area contributed by atoms with Crippen LogP contribution in [-0.4, -0.2) is 21.4 Å². The van der Waals surface area contributed by atoms with E-state index >= 15 is 0 Å². The molecule has 1 amide bonds. The highest BCUT2D eigenvalue weighted by Gasteiger charge is 2.23. The van der Waals surface area contributed by atoms with Crippen molar-refractivity contribution in [2.75, 3.05) is 11.4 Å². The van der Waals surface area contributed by atoms with Crippen LogP contribution < -0.4 is 9.62 Å². The van der Waals surface area contributed by atoms with Crippen LogP contribution in [0.5, 0.6) is 0 Å². The number of rotatable bonds is 6. The molecule has 1 N–H and O–H groups in total. The van der Waals surface area contributed by atoms with Gasteiger partial charge in [0.15, 0.2) is 0 Å². The molecule has 3 aromatic rings. The number of nitrogens with zero attached hydrogens (tertiary/aromatic N) is 1. The molecule has 0 radical (unpaired) electrons. The number of aryl methyl sites for hydroxylation is 3. The number of hydrogen-bond donors (Lipinski definition) is 1. The molecule has 0 heterocycles. The quantitative estimate of drug-likeness (QED) is 0.596. The van der Waals surface area contributed by atoms with E-state index in [2.05, 4.69) is 5.32 Å². The zero-order valence-corrected chi connectivity index (χ0v) is 19.3. The lowest BCUT2D eigenvalue weighted by Gasteiger charge is -2.22. The van der Waals surface area contributed by atoms with E-state index in [1.807, 2.05) is 45.0 Å². The average Bonchev–Trinajstić information content (AvgIpc) is 2.73. The molecule has 0 aliphatic rings. The van der Waals surface area contributed by atoms with Crippen molar-refractivity contribution in [1.29, 1.82) is 0 Å². The summed E-state index contributed by atoms with van der Waals surface area (Å²) < 4.78 is 27.2. The number of amides is 1. The molecular weight excluding hydrogens is 408 g/mol. The first-order valence-corrected chi connectivity index (χ1v) is 11.6. The van der Waals surface area contributed by atoms with Gasteiger partial charge in [-0.15, -0.1) is 0 Å². The summed E-state index contributed by atoms with van der Waals surface area (Å²) in [6.45, 7) is 7.67. The maximum Gasteiger partial charge on any atom is 0.264 e. The highest BCUT2D eigenvalue weighted by atomic mass is 32.2. The Kier molecular flexibility index (Phi) is 6.51. The van der Waals surface area contributed by atoms with Crippen LogP contribution in [0.25, 0.3) is 0 Å². The van der Waals surface area contributed by atoms with Gasteiger partial charge in [-0.3, -0.25) is 9.10 Å². The maximum atomic E-state index is 13.0. The molecule has 162 valence electrons. The largest absolute Gasteiger partial charge is 0.346 e. The number of benzene rings is 3. The molecule has 0 unspecified atom stereocenters. The van der Waals surface area contributed by atoms with E-state index in [1.165, 1.54) is 11.4 Å². The molecule has 0 spiro atoms. The Hall–Kier alpha value is -3.12. The van der Waals surface area contributed by atoms with E-state index < -0.39 is 10.0 Å². The summed E-state index contributed by atoms with van der Waals surface area (Å²) in [5, 5.41) is 3.00. The van der Waals surface area contributed by atoms with Gasteiger partial charge in [-0.05, 0) is 69.2 Å². The topological polar surface area (TPSA) is 66.5 Å². The fraction of sp³-hybridized carbons (Fsp3) is 0.240. The first-order chi connectivity index (χ1) is 14.6. The van der Waals surface area contributed by atoms with E-state index in [0.717, 1.165) is 16.7 Å². The van der Waals surface area contributed by atoms with Gasteiger partial charge < -0.3 is 5.32 Å². The van der Waals surface area contributed by atoms with Crippen LogP contribution in [0.2, 0.25) is 0 Å². The highest BCUT2D eigenvalue weighted by Crippen LogP contribution is 2.26. The van der Waals surface area contributed by atoms with Crippen LogP contribution in [0.15, 0.2) is 71.6 Å². The van der Waals surface area contributed by atoms with Crippen molar-refractivity contribution in [1.82, 2.24) is 5.32 Å². The van der Waals surface area contributed by atoms with Crippen LogP contribution in [0.4, 0.5) is 5.69 Å². The number of anilines is 1. The normalized spacial score (nSPS) is 12.3. The number of nitrogens with one attached hydrogen (secondary N) is 1. The molecule has 31 heavy (non-hydrogen) atoms. The molecule has 3 rings (SSSR count). The molecule has 3 aromatic carbocycles. The molecular formula is C25H28N2O3S. The van der Waals surface area contributed by atoms with Crippen LogP contribution >= 0.6 is 0 Å². The lowest BCUT2D eigenvalue weighted by molar-refractivity contribution is 0.0940. The molecule has 0 aliphatic heterocycles. The van der Waals surface area contributed by atoms with Gasteiger partial charge in [0.25, 0.3) is 15.9 Å². The Labute approximate surface area is 184 Å². The fourth-order valence-corrected chi connectivity index (χ4v) is 4.63. The van der Waals surface area contributed by atoms with Crippen LogP contribution in [-0.2, 0) is 10.0 Å². The monoisotopic (exact) mass is 436 g/mol. The average molecular weight is 437 g/mol. The van der Waals surface area contributed by atoms with Gasteiger partial charge in [-0.25, -0.2) is 8.42 Å². The Balaban J connectivity index is 1.79. The van der Waals surface area contributed by atoms with Gasteiger partial charge in [0.2, 0.25) is 0 Å². The van der Waals surface area contributed by atoms with Gasteiger partial charge in [0, 0.05) is 12.6 Å². The Bertz CT molecular complexity index is 1180. The molecule has 0 aliphatic carbocycles. The van der Waals surface area contributed by atoms with Crippen LogP contribution in [0, 0.1) is 20.8 Å². The predicted octanol–water partition coefficient (Wildman–Crippen LogP) is 4.93. The third kappa shape index (κ3) is 4.97. The van der Waals surface area contributed by atoms with Crippen molar-refractivity contribution >= 4 is 21.6 Å². The highest BCUT2D eigenvalue weighted by molar-refractivity contribution is 7.92. The minimum absolute atomic E-state index is 0.141. The first-order valence-electron chi connectivity index (χ1n) is 10.1. The van der Waals surface area contributed by atoms with Crippen LogP contribution in [0.1, 0.15) is 45.6 Å². The smallest absolute Gasteiger partial charge is 0.264 e. The summed E-state index contributed by atoms with van der Waals surface area (Å²) in [7, 11) is -2.17.